The SMILES string of the molecule is CC(C)(C)c1cccc(C=[N+]2[Mn][N+](=Cc3cccc(C(C)(C)C)c3O)[C@@H]3CCCC[C@H]32)c1O.[Br-]. The van der Waals surface area contributed by atoms with Crippen LogP contribution in [-0.2, 0) is 26.2 Å². The average molecular weight is 569 g/mol. The topological polar surface area (TPSA) is 46.5 Å². The number of para-hydroxylation sites is 2. The van der Waals surface area contributed by atoms with Gasteiger partial charge in [0.25, 0.3) is 0 Å². The van der Waals surface area contributed by atoms with Crippen molar-refractivity contribution in [2.45, 2.75) is 90.1 Å². The van der Waals surface area contributed by atoms with Crippen molar-refractivity contribution in [3.05, 3.63) is 58.7 Å². The molecule has 0 amide bonds. The molecule has 1 aliphatic carbocycles. The van der Waals surface area contributed by atoms with Crippen LogP contribution >= 0.6 is 0 Å². The number of aromatic hydroxyl groups is 2. The maximum absolute atomic E-state index is 11.0. The van der Waals surface area contributed by atoms with E-state index in [9.17, 15) is 10.2 Å². The van der Waals surface area contributed by atoms with Crippen molar-refractivity contribution in [1.82, 2.24) is 0 Å². The molecule has 2 aliphatic rings. The smallest absolute Gasteiger partial charge is 1.00 e. The molecule has 1 heterocycles. The molecular weight excluding hydrogens is 531 g/mol. The second kappa shape index (κ2) is 10.2. The molecule has 6 heteroatoms. The molecule has 2 aromatic rings. The third-order valence-corrected chi connectivity index (χ3v) is 8.41. The van der Waals surface area contributed by atoms with E-state index in [0.717, 1.165) is 35.1 Å². The number of benzene rings is 2. The fourth-order valence-electron chi connectivity index (χ4n) is 4.92. The van der Waals surface area contributed by atoms with Crippen LogP contribution in [0.4, 0.5) is 0 Å². The molecule has 2 N–H and O–H groups in total. The quantitative estimate of drug-likeness (QED) is 0.547. The Morgan fingerprint density at radius 1 is 0.735 bits per heavy atom. The number of hydrogen-bond donors (Lipinski definition) is 2. The fraction of sp³-hybridized carbons (Fsp3) is 0.500. The third-order valence-electron chi connectivity index (χ3n) is 6.78. The molecule has 0 spiro atoms. The van der Waals surface area contributed by atoms with Gasteiger partial charge in [0.1, 0.15) is 0 Å². The van der Waals surface area contributed by atoms with E-state index in [1.54, 1.807) is 0 Å². The summed E-state index contributed by atoms with van der Waals surface area (Å²) in [6.45, 7) is 12.8. The molecular formula is C28H38BrMnN2O2+. The van der Waals surface area contributed by atoms with Gasteiger partial charge in [-0.05, 0) is 0 Å². The third kappa shape index (κ3) is 5.45. The van der Waals surface area contributed by atoms with Gasteiger partial charge in [0.2, 0.25) is 0 Å². The Hall–Kier alpha value is -1.62. The monoisotopic (exact) mass is 568 g/mol. The molecule has 2 atom stereocenters. The first-order valence-corrected chi connectivity index (χ1v) is 13.1. The van der Waals surface area contributed by atoms with Crippen molar-refractivity contribution in [3.63, 3.8) is 0 Å². The van der Waals surface area contributed by atoms with Crippen LogP contribution in [0.1, 0.15) is 89.5 Å². The zero-order valence-corrected chi connectivity index (χ0v) is 23.9. The number of nitrogens with zero attached hydrogens (tertiary/aromatic N) is 2. The molecule has 0 aromatic heterocycles. The van der Waals surface area contributed by atoms with Crippen LogP contribution < -0.4 is 17.0 Å². The Morgan fingerprint density at radius 2 is 1.12 bits per heavy atom. The summed E-state index contributed by atoms with van der Waals surface area (Å²) in [6, 6.07) is 13.0. The van der Waals surface area contributed by atoms with Crippen molar-refractivity contribution < 1.29 is 49.8 Å². The summed E-state index contributed by atoms with van der Waals surface area (Å²) in [4.78, 5) is 0. The number of hydrogen-bond acceptors (Lipinski definition) is 2. The maximum Gasteiger partial charge on any atom is -1.00 e. The van der Waals surface area contributed by atoms with Gasteiger partial charge < -0.3 is 17.0 Å². The summed E-state index contributed by atoms with van der Waals surface area (Å²) < 4.78 is 4.85. The zero-order chi connectivity index (χ0) is 24.0. The minimum atomic E-state index is -0.107. The summed E-state index contributed by atoms with van der Waals surface area (Å²) in [5.41, 5.74) is 3.52. The van der Waals surface area contributed by atoms with E-state index < -0.39 is 0 Å². The van der Waals surface area contributed by atoms with Crippen LogP contribution in [0.25, 0.3) is 0 Å². The summed E-state index contributed by atoms with van der Waals surface area (Å²) in [6.07, 6.45) is 9.12. The molecule has 4 rings (SSSR count). The first-order chi connectivity index (χ1) is 15.5. The van der Waals surface area contributed by atoms with Gasteiger partial charge in [0, 0.05) is 0 Å². The number of rotatable bonds is 2. The van der Waals surface area contributed by atoms with E-state index >= 15 is 0 Å². The Bertz CT molecular complexity index is 1020. The second-order valence-electron chi connectivity index (χ2n) is 11.4. The van der Waals surface area contributed by atoms with Crippen molar-refractivity contribution in [1.29, 1.82) is 0 Å². The maximum atomic E-state index is 11.0. The van der Waals surface area contributed by atoms with Crippen LogP contribution in [-0.4, -0.2) is 41.9 Å². The number of phenolic OH excluding ortho intramolecular Hbond substituents is 2. The van der Waals surface area contributed by atoms with Crippen molar-refractivity contribution in [3.8, 4) is 11.5 Å². The predicted molar refractivity (Wildman–Crippen MR) is 131 cm³/mol. The minimum absolute atomic E-state index is 0. The molecule has 1 aliphatic heterocycles. The van der Waals surface area contributed by atoms with E-state index in [-0.39, 0.29) is 27.8 Å². The molecule has 0 radical (unpaired) electrons. The van der Waals surface area contributed by atoms with Gasteiger partial charge in [0.15, 0.2) is 0 Å². The van der Waals surface area contributed by atoms with Gasteiger partial charge >= 0.3 is 206 Å². The van der Waals surface area contributed by atoms with Gasteiger partial charge in [-0.25, -0.2) is 0 Å². The molecule has 1 saturated carbocycles. The van der Waals surface area contributed by atoms with Crippen molar-refractivity contribution in [2.75, 3.05) is 0 Å². The molecule has 2 fully saturated rings. The summed E-state index contributed by atoms with van der Waals surface area (Å²) >= 11 is 0.411. The second-order valence-corrected chi connectivity index (χ2v) is 12.9. The van der Waals surface area contributed by atoms with Gasteiger partial charge in [-0.1, -0.05) is 0 Å². The molecule has 34 heavy (non-hydrogen) atoms. The number of halogens is 1. The normalized spacial score (nSPS) is 23.1. The van der Waals surface area contributed by atoms with E-state index in [4.69, 9.17) is 0 Å². The van der Waals surface area contributed by atoms with E-state index in [2.05, 4.69) is 61.2 Å². The number of fused-ring (bicyclic) bond motifs is 1. The van der Waals surface area contributed by atoms with Crippen molar-refractivity contribution >= 4 is 12.4 Å². The first-order valence-electron chi connectivity index (χ1n) is 12.0. The molecule has 185 valence electrons. The molecule has 2 aromatic carbocycles. The van der Waals surface area contributed by atoms with Crippen LogP contribution in [0.2, 0.25) is 0 Å². The standard InChI is InChI=1S/C28H38N2O2.BrH.Mn/c1-27(2,3)21-13-9-11-19(25(21)31)17-29-23-15-7-8-16-24(23)30-18-20-12-10-14-22(26(20)32)28(4,5)6;;/h9-14,17-18,23-24,31-32H,7-8,15-16H2,1-6H3;1H;/q;;+2/p-1/t23-,24-;;/m1../s1. The predicted octanol–water partition coefficient (Wildman–Crippen LogP) is 2.50. The van der Waals surface area contributed by atoms with Gasteiger partial charge in [0.05, 0.1) is 0 Å². The number of phenols is 2. The summed E-state index contributed by atoms with van der Waals surface area (Å²) in [5.74, 6) is 0.779. The fourth-order valence-corrected chi connectivity index (χ4v) is 6.76. The van der Waals surface area contributed by atoms with Crippen LogP contribution in [0.3, 0.4) is 0 Å². The van der Waals surface area contributed by atoms with Gasteiger partial charge in [-0.3, -0.25) is 0 Å². The van der Waals surface area contributed by atoms with Gasteiger partial charge in [-0.15, -0.1) is 0 Å². The first kappa shape index (κ1) is 27.0. The summed E-state index contributed by atoms with van der Waals surface area (Å²) in [7, 11) is 0. The average Bonchev–Trinajstić information content (AvgIpc) is 3.07. The molecule has 4 nitrogen and oxygen atoms in total. The Morgan fingerprint density at radius 3 is 1.47 bits per heavy atom. The van der Waals surface area contributed by atoms with Crippen LogP contribution in [0, 0.1) is 0 Å². The molecule has 0 bridgehead atoms. The van der Waals surface area contributed by atoms with Crippen LogP contribution in [0.5, 0.6) is 11.5 Å². The van der Waals surface area contributed by atoms with Crippen molar-refractivity contribution in [2.24, 2.45) is 0 Å². The van der Waals surface area contributed by atoms with Gasteiger partial charge in [-0.2, -0.15) is 0 Å². The van der Waals surface area contributed by atoms with E-state index in [1.807, 2.05) is 36.4 Å². The minimum Gasteiger partial charge on any atom is -1.00 e. The Balaban J connectivity index is 0.00000324. The van der Waals surface area contributed by atoms with E-state index in [1.165, 1.54) is 12.8 Å². The molecule has 1 saturated heterocycles. The molecule has 0 unspecified atom stereocenters. The summed E-state index contributed by atoms with van der Waals surface area (Å²) in [5, 5.41) is 22.0. The van der Waals surface area contributed by atoms with E-state index in [0.29, 0.717) is 39.0 Å². The Kier molecular flexibility index (Phi) is 8.06. The van der Waals surface area contributed by atoms with Crippen LogP contribution in [0.15, 0.2) is 36.4 Å². The largest absolute Gasteiger partial charge is 1.00 e. The zero-order valence-electron chi connectivity index (χ0n) is 21.1. The Labute approximate surface area is 221 Å².